The quantitative estimate of drug-likeness (QED) is 0.793. The summed E-state index contributed by atoms with van der Waals surface area (Å²) < 4.78 is 9.76. The third kappa shape index (κ3) is 1.90. The van der Waals surface area contributed by atoms with E-state index >= 15 is 0 Å². The Morgan fingerprint density at radius 2 is 2.14 bits per heavy atom. The summed E-state index contributed by atoms with van der Waals surface area (Å²) in [6, 6.07) is 2.24. The van der Waals surface area contributed by atoms with E-state index in [0.29, 0.717) is 18.4 Å². The van der Waals surface area contributed by atoms with Crippen molar-refractivity contribution in [2.24, 2.45) is 0 Å². The molecular weight excluding hydrogens is 184 g/mol. The highest BCUT2D eigenvalue weighted by Gasteiger charge is 2.03. The summed E-state index contributed by atoms with van der Waals surface area (Å²) in [7, 11) is 0. The second-order valence-corrected chi connectivity index (χ2v) is 2.93. The third-order valence-electron chi connectivity index (χ3n) is 1.63. The van der Waals surface area contributed by atoms with E-state index in [2.05, 4.69) is 20.6 Å². The average Bonchev–Trinajstić information content (AvgIpc) is 2.72. The van der Waals surface area contributed by atoms with Crippen LogP contribution in [0.1, 0.15) is 17.3 Å². The summed E-state index contributed by atoms with van der Waals surface area (Å²) in [5.74, 6) is 1.38. The highest BCUT2D eigenvalue weighted by Crippen LogP contribution is 2.06. The summed E-state index contributed by atoms with van der Waals surface area (Å²) in [5, 5.41) is 10.4. The number of hydrogen-bond acceptors (Lipinski definition) is 6. The molecule has 2 rings (SSSR count). The van der Waals surface area contributed by atoms with E-state index in [1.165, 1.54) is 0 Å². The van der Waals surface area contributed by atoms with Gasteiger partial charge in [-0.1, -0.05) is 10.3 Å². The van der Waals surface area contributed by atoms with Crippen LogP contribution in [-0.4, -0.2) is 15.3 Å². The van der Waals surface area contributed by atoms with Gasteiger partial charge in [0.05, 0.1) is 6.54 Å². The minimum Gasteiger partial charge on any atom is -0.361 e. The average molecular weight is 194 g/mol. The molecule has 0 unspecified atom stereocenters. The van der Waals surface area contributed by atoms with Crippen LogP contribution in [0.15, 0.2) is 15.1 Å². The van der Waals surface area contributed by atoms with E-state index in [0.717, 1.165) is 11.5 Å². The monoisotopic (exact) mass is 194 g/mol. The molecule has 2 heterocycles. The predicted molar refractivity (Wildman–Crippen MR) is 47.6 cm³/mol. The molecule has 0 saturated carbocycles. The normalized spacial score (nSPS) is 10.4. The first-order chi connectivity index (χ1) is 6.74. The number of anilines is 1. The van der Waals surface area contributed by atoms with Crippen LogP contribution in [0.2, 0.25) is 0 Å². The van der Waals surface area contributed by atoms with E-state index < -0.39 is 0 Å². The SMILES string of the molecule is Cc1noc(NCc2cc(C)on2)n1. The molecule has 2 aromatic heterocycles. The summed E-state index contributed by atoms with van der Waals surface area (Å²) >= 11 is 0. The van der Waals surface area contributed by atoms with Gasteiger partial charge in [-0.05, 0) is 13.8 Å². The molecule has 0 aliphatic heterocycles. The van der Waals surface area contributed by atoms with Crippen LogP contribution in [0.25, 0.3) is 0 Å². The molecule has 0 aliphatic rings. The van der Waals surface area contributed by atoms with Gasteiger partial charge in [0.15, 0.2) is 5.82 Å². The van der Waals surface area contributed by atoms with Crippen molar-refractivity contribution in [1.29, 1.82) is 0 Å². The lowest BCUT2D eigenvalue weighted by Gasteiger charge is -1.94. The molecule has 0 aromatic carbocycles. The van der Waals surface area contributed by atoms with Crippen LogP contribution in [-0.2, 0) is 6.54 Å². The second-order valence-electron chi connectivity index (χ2n) is 2.93. The molecule has 0 amide bonds. The fraction of sp³-hybridized carbons (Fsp3) is 0.375. The molecule has 6 nitrogen and oxygen atoms in total. The van der Waals surface area contributed by atoms with Gasteiger partial charge in [-0.3, -0.25) is 0 Å². The maximum absolute atomic E-state index is 4.90. The molecule has 6 heteroatoms. The minimum atomic E-state index is 0.392. The number of aromatic nitrogens is 3. The number of aryl methyl sites for hydroxylation is 2. The first-order valence-electron chi connectivity index (χ1n) is 4.20. The van der Waals surface area contributed by atoms with Crippen molar-refractivity contribution >= 4 is 6.01 Å². The predicted octanol–water partition coefficient (Wildman–Crippen LogP) is 1.29. The number of rotatable bonds is 3. The molecule has 1 N–H and O–H groups in total. The van der Waals surface area contributed by atoms with Crippen LogP contribution >= 0.6 is 0 Å². The molecule has 0 radical (unpaired) electrons. The smallest absolute Gasteiger partial charge is 0.321 e. The number of nitrogens with zero attached hydrogens (tertiary/aromatic N) is 3. The van der Waals surface area contributed by atoms with Crippen LogP contribution in [0, 0.1) is 13.8 Å². The van der Waals surface area contributed by atoms with E-state index in [4.69, 9.17) is 9.05 Å². The molecule has 0 spiro atoms. The van der Waals surface area contributed by atoms with Crippen LogP contribution in [0.4, 0.5) is 6.01 Å². The van der Waals surface area contributed by atoms with Gasteiger partial charge in [0.25, 0.3) is 0 Å². The van der Waals surface area contributed by atoms with E-state index in [1.54, 1.807) is 6.92 Å². The van der Waals surface area contributed by atoms with E-state index in [-0.39, 0.29) is 0 Å². The number of nitrogens with one attached hydrogen (secondary N) is 1. The molecule has 0 aliphatic carbocycles. The van der Waals surface area contributed by atoms with Crippen molar-refractivity contribution in [1.82, 2.24) is 15.3 Å². The van der Waals surface area contributed by atoms with Gasteiger partial charge in [-0.25, -0.2) is 0 Å². The molecule has 0 atom stereocenters. The fourth-order valence-corrected chi connectivity index (χ4v) is 1.04. The zero-order valence-electron chi connectivity index (χ0n) is 7.94. The Labute approximate surface area is 80.3 Å². The minimum absolute atomic E-state index is 0.392. The Hall–Kier alpha value is -1.85. The first-order valence-corrected chi connectivity index (χ1v) is 4.20. The first kappa shape index (κ1) is 8.74. The van der Waals surface area contributed by atoms with Gasteiger partial charge in [-0.15, -0.1) is 0 Å². The Morgan fingerprint density at radius 1 is 1.29 bits per heavy atom. The van der Waals surface area contributed by atoms with E-state index in [9.17, 15) is 0 Å². The Bertz CT molecular complexity index is 380. The van der Waals surface area contributed by atoms with Gasteiger partial charge < -0.3 is 14.4 Å². The largest absolute Gasteiger partial charge is 0.361 e. The molecule has 0 saturated heterocycles. The van der Waals surface area contributed by atoms with Crippen molar-refractivity contribution in [3.8, 4) is 0 Å². The molecule has 0 fully saturated rings. The van der Waals surface area contributed by atoms with Gasteiger partial charge in [-0.2, -0.15) is 4.98 Å². The lowest BCUT2D eigenvalue weighted by molar-refractivity contribution is 0.390. The van der Waals surface area contributed by atoms with Crippen molar-refractivity contribution < 1.29 is 9.05 Å². The fourth-order valence-electron chi connectivity index (χ4n) is 1.04. The van der Waals surface area contributed by atoms with Crippen LogP contribution < -0.4 is 5.32 Å². The summed E-state index contributed by atoms with van der Waals surface area (Å²) in [6.07, 6.45) is 0. The summed E-state index contributed by atoms with van der Waals surface area (Å²) in [4.78, 5) is 3.99. The standard InChI is InChI=1S/C8H10N4O2/c1-5-3-7(12-13-5)4-9-8-10-6(2)11-14-8/h3H,4H2,1-2H3,(H,9,10,11). The molecule has 0 bridgehead atoms. The lowest BCUT2D eigenvalue weighted by Crippen LogP contribution is -1.99. The van der Waals surface area contributed by atoms with Gasteiger partial charge >= 0.3 is 6.01 Å². The van der Waals surface area contributed by atoms with Crippen molar-refractivity contribution in [3.05, 3.63) is 23.3 Å². The maximum atomic E-state index is 4.90. The zero-order valence-corrected chi connectivity index (χ0v) is 7.94. The molecular formula is C8H10N4O2. The van der Waals surface area contributed by atoms with Gasteiger partial charge in [0, 0.05) is 6.07 Å². The molecule has 2 aromatic rings. The summed E-state index contributed by atoms with van der Waals surface area (Å²) in [5.41, 5.74) is 0.804. The zero-order chi connectivity index (χ0) is 9.97. The second kappa shape index (κ2) is 3.49. The third-order valence-corrected chi connectivity index (χ3v) is 1.63. The topological polar surface area (TPSA) is 77.0 Å². The lowest BCUT2D eigenvalue weighted by atomic mass is 10.4. The van der Waals surface area contributed by atoms with Crippen LogP contribution in [0.3, 0.4) is 0 Å². The Morgan fingerprint density at radius 3 is 2.71 bits per heavy atom. The highest BCUT2D eigenvalue weighted by molar-refractivity contribution is 5.20. The summed E-state index contributed by atoms with van der Waals surface area (Å²) in [6.45, 7) is 4.11. The number of hydrogen-bond donors (Lipinski definition) is 1. The van der Waals surface area contributed by atoms with Crippen LogP contribution in [0.5, 0.6) is 0 Å². The Kier molecular flexibility index (Phi) is 2.18. The Balaban J connectivity index is 1.94. The van der Waals surface area contributed by atoms with Gasteiger partial charge in [0.2, 0.25) is 0 Å². The van der Waals surface area contributed by atoms with Crippen molar-refractivity contribution in [2.45, 2.75) is 20.4 Å². The van der Waals surface area contributed by atoms with Crippen molar-refractivity contribution in [3.63, 3.8) is 0 Å². The highest BCUT2D eigenvalue weighted by atomic mass is 16.5. The van der Waals surface area contributed by atoms with Gasteiger partial charge in [0.1, 0.15) is 11.5 Å². The van der Waals surface area contributed by atoms with E-state index in [1.807, 2.05) is 13.0 Å². The maximum Gasteiger partial charge on any atom is 0.321 e. The molecule has 14 heavy (non-hydrogen) atoms. The van der Waals surface area contributed by atoms with Crippen molar-refractivity contribution in [2.75, 3.05) is 5.32 Å². The molecule has 74 valence electrons.